The van der Waals surface area contributed by atoms with E-state index in [0.717, 1.165) is 19.4 Å². The summed E-state index contributed by atoms with van der Waals surface area (Å²) in [4.78, 5) is 11.4. The molecular weight excluding hydrogens is 192 g/mol. The highest BCUT2D eigenvalue weighted by atomic mass is 35.5. The number of nitrogens with zero attached hydrogens (tertiary/aromatic N) is 1. The van der Waals surface area contributed by atoms with Crippen molar-refractivity contribution in [1.29, 1.82) is 0 Å². The number of nitrogens with two attached hydrogens (primary N) is 1. The number of esters is 1. The second-order valence-electron chi connectivity index (χ2n) is 3.29. The lowest BCUT2D eigenvalue weighted by atomic mass is 10.0. The fourth-order valence-electron chi connectivity index (χ4n) is 1.49. The Morgan fingerprint density at radius 3 is 2.69 bits per heavy atom. The van der Waals surface area contributed by atoms with Gasteiger partial charge >= 0.3 is 5.97 Å². The summed E-state index contributed by atoms with van der Waals surface area (Å²) < 4.78 is 4.94. The summed E-state index contributed by atoms with van der Waals surface area (Å²) in [6.45, 7) is 4.83. The third kappa shape index (κ3) is 2.33. The molecule has 0 amide bonds. The molecule has 1 atom stereocenters. The lowest BCUT2D eigenvalue weighted by Gasteiger charge is -2.28. The second kappa shape index (κ2) is 4.79. The van der Waals surface area contributed by atoms with E-state index in [2.05, 4.69) is 0 Å². The van der Waals surface area contributed by atoms with Gasteiger partial charge in [0, 0.05) is 6.54 Å². The van der Waals surface area contributed by atoms with Crippen molar-refractivity contribution in [3.05, 3.63) is 0 Å². The van der Waals surface area contributed by atoms with Crippen LogP contribution in [0.5, 0.6) is 0 Å². The van der Waals surface area contributed by atoms with Crippen LogP contribution in [-0.2, 0) is 9.53 Å². The molecule has 0 unspecified atom stereocenters. The van der Waals surface area contributed by atoms with Crippen LogP contribution in [0.3, 0.4) is 0 Å². The molecule has 0 aromatic carbocycles. The Kier molecular flexibility index (Phi) is 4.67. The van der Waals surface area contributed by atoms with Gasteiger partial charge in [0.25, 0.3) is 0 Å². The van der Waals surface area contributed by atoms with E-state index < -0.39 is 5.54 Å². The maximum Gasteiger partial charge on any atom is 0.327 e. The SMILES string of the molecule is CCOC(=O)[C@@]1(C)CCCN1N.Cl. The van der Waals surface area contributed by atoms with Crippen LogP contribution < -0.4 is 5.84 Å². The summed E-state index contributed by atoms with van der Waals surface area (Å²) in [7, 11) is 0. The number of carbonyl (C=O) groups is 1. The van der Waals surface area contributed by atoms with Crippen LogP contribution in [0.4, 0.5) is 0 Å². The summed E-state index contributed by atoms with van der Waals surface area (Å²) in [5.74, 6) is 5.47. The Bertz CT molecular complexity index is 189. The normalized spacial score (nSPS) is 28.2. The van der Waals surface area contributed by atoms with Gasteiger partial charge in [-0.3, -0.25) is 5.84 Å². The highest BCUT2D eigenvalue weighted by molar-refractivity contribution is 5.85. The molecule has 1 rings (SSSR count). The average Bonchev–Trinajstić information content (AvgIpc) is 2.34. The number of hydrazine groups is 1. The molecule has 1 aliphatic heterocycles. The summed E-state index contributed by atoms with van der Waals surface area (Å²) in [5.41, 5.74) is -0.587. The molecule has 2 N–H and O–H groups in total. The zero-order valence-electron chi connectivity index (χ0n) is 8.08. The van der Waals surface area contributed by atoms with Crippen LogP contribution in [0.15, 0.2) is 0 Å². The highest BCUT2D eigenvalue weighted by Gasteiger charge is 2.42. The van der Waals surface area contributed by atoms with Gasteiger partial charge in [0.15, 0.2) is 0 Å². The first-order valence-corrected chi connectivity index (χ1v) is 4.31. The predicted octanol–water partition coefficient (Wildman–Crippen LogP) is 0.699. The van der Waals surface area contributed by atoms with Gasteiger partial charge in [-0.15, -0.1) is 12.4 Å². The van der Waals surface area contributed by atoms with Crippen LogP contribution in [-0.4, -0.2) is 29.7 Å². The highest BCUT2D eigenvalue weighted by Crippen LogP contribution is 2.26. The molecule has 13 heavy (non-hydrogen) atoms. The van der Waals surface area contributed by atoms with Crippen molar-refractivity contribution < 1.29 is 9.53 Å². The molecule has 0 radical (unpaired) electrons. The summed E-state index contributed by atoms with van der Waals surface area (Å²) in [6, 6.07) is 0. The smallest absolute Gasteiger partial charge is 0.327 e. The van der Waals surface area contributed by atoms with Gasteiger partial charge < -0.3 is 4.74 Å². The lowest BCUT2D eigenvalue weighted by molar-refractivity contribution is -0.155. The molecule has 0 saturated carbocycles. The molecule has 0 aromatic heterocycles. The van der Waals surface area contributed by atoms with Crippen molar-refractivity contribution in [3.8, 4) is 0 Å². The van der Waals surface area contributed by atoms with E-state index in [1.807, 2.05) is 6.92 Å². The summed E-state index contributed by atoms with van der Waals surface area (Å²) in [5, 5.41) is 1.57. The number of hydrogen-bond donors (Lipinski definition) is 1. The molecule has 5 heteroatoms. The molecular formula is C8H17ClN2O2. The predicted molar refractivity (Wildman–Crippen MR) is 52.4 cm³/mol. The topological polar surface area (TPSA) is 55.6 Å². The molecule has 1 aliphatic rings. The number of hydrogen-bond acceptors (Lipinski definition) is 4. The molecule has 0 spiro atoms. The van der Waals surface area contributed by atoms with Gasteiger partial charge in [0.05, 0.1) is 6.61 Å². The van der Waals surface area contributed by atoms with E-state index in [4.69, 9.17) is 10.6 Å². The third-order valence-electron chi connectivity index (χ3n) is 2.41. The summed E-state index contributed by atoms with van der Waals surface area (Å²) in [6.07, 6.45) is 1.76. The molecule has 1 fully saturated rings. The van der Waals surface area contributed by atoms with Crippen molar-refractivity contribution in [3.63, 3.8) is 0 Å². The molecule has 1 saturated heterocycles. The van der Waals surface area contributed by atoms with Crippen molar-refractivity contribution in [2.75, 3.05) is 13.2 Å². The van der Waals surface area contributed by atoms with Gasteiger partial charge in [0.2, 0.25) is 0 Å². The largest absolute Gasteiger partial charge is 0.465 e. The molecule has 0 aromatic rings. The minimum Gasteiger partial charge on any atom is -0.465 e. The molecule has 1 heterocycles. The zero-order valence-corrected chi connectivity index (χ0v) is 8.89. The Hall–Kier alpha value is -0.320. The minimum absolute atomic E-state index is 0. The first-order chi connectivity index (χ1) is 5.61. The molecule has 0 bridgehead atoms. The van der Waals surface area contributed by atoms with Crippen LogP contribution in [0.25, 0.3) is 0 Å². The van der Waals surface area contributed by atoms with Gasteiger partial charge in [-0.25, -0.2) is 9.80 Å². The Morgan fingerprint density at radius 2 is 2.31 bits per heavy atom. The van der Waals surface area contributed by atoms with Gasteiger partial charge in [0.1, 0.15) is 5.54 Å². The van der Waals surface area contributed by atoms with Crippen LogP contribution in [0, 0.1) is 0 Å². The monoisotopic (exact) mass is 208 g/mol. The van der Waals surface area contributed by atoms with Crippen LogP contribution in [0.2, 0.25) is 0 Å². The quantitative estimate of drug-likeness (QED) is 0.536. The first-order valence-electron chi connectivity index (χ1n) is 4.31. The Labute approximate surface area is 84.8 Å². The fraction of sp³-hybridized carbons (Fsp3) is 0.875. The first kappa shape index (κ1) is 12.7. The maximum atomic E-state index is 11.4. The standard InChI is InChI=1S/C8H16N2O2.ClH/c1-3-12-7(11)8(2)5-4-6-10(8)9;/h3-6,9H2,1-2H3;1H/t8-;/m1./s1. The lowest BCUT2D eigenvalue weighted by Crippen LogP contribution is -2.52. The van der Waals surface area contributed by atoms with E-state index in [0.29, 0.717) is 6.61 Å². The van der Waals surface area contributed by atoms with Crippen LogP contribution in [0.1, 0.15) is 26.7 Å². The number of carbonyl (C=O) groups excluding carboxylic acids is 1. The van der Waals surface area contributed by atoms with Crippen LogP contribution >= 0.6 is 12.4 Å². The van der Waals surface area contributed by atoms with E-state index in [-0.39, 0.29) is 18.4 Å². The summed E-state index contributed by atoms with van der Waals surface area (Å²) >= 11 is 0. The van der Waals surface area contributed by atoms with Gasteiger partial charge in [-0.05, 0) is 26.7 Å². The van der Waals surface area contributed by atoms with Crippen molar-refractivity contribution in [2.45, 2.75) is 32.2 Å². The Balaban J connectivity index is 0.00000144. The molecule has 4 nitrogen and oxygen atoms in total. The molecule has 78 valence electrons. The van der Waals surface area contributed by atoms with E-state index in [9.17, 15) is 4.79 Å². The van der Waals surface area contributed by atoms with Crippen molar-refractivity contribution >= 4 is 18.4 Å². The average molecular weight is 209 g/mol. The minimum atomic E-state index is -0.587. The van der Waals surface area contributed by atoms with Gasteiger partial charge in [-0.2, -0.15) is 0 Å². The fourth-order valence-corrected chi connectivity index (χ4v) is 1.49. The maximum absolute atomic E-state index is 11.4. The number of rotatable bonds is 2. The Morgan fingerprint density at radius 1 is 1.69 bits per heavy atom. The van der Waals surface area contributed by atoms with Gasteiger partial charge in [-0.1, -0.05) is 0 Å². The zero-order chi connectivity index (χ0) is 9.19. The third-order valence-corrected chi connectivity index (χ3v) is 2.41. The van der Waals surface area contributed by atoms with Crippen molar-refractivity contribution in [2.24, 2.45) is 5.84 Å². The van der Waals surface area contributed by atoms with E-state index in [1.165, 1.54) is 0 Å². The number of halogens is 1. The second-order valence-corrected chi connectivity index (χ2v) is 3.29. The molecule has 0 aliphatic carbocycles. The van der Waals surface area contributed by atoms with E-state index in [1.54, 1.807) is 11.9 Å². The van der Waals surface area contributed by atoms with Crippen molar-refractivity contribution in [1.82, 2.24) is 5.01 Å². The van der Waals surface area contributed by atoms with E-state index >= 15 is 0 Å². The number of ether oxygens (including phenoxy) is 1.